The van der Waals surface area contributed by atoms with Gasteiger partial charge in [-0.05, 0) is 48.4 Å². The minimum atomic E-state index is -1.36. The van der Waals surface area contributed by atoms with E-state index in [0.29, 0.717) is 81.8 Å². The number of hydrogen-bond acceptors (Lipinski definition) is 15. The largest absolute Gasteiger partial charge is 0.508 e. The smallest absolute Gasteiger partial charge is 0.264 e. The summed E-state index contributed by atoms with van der Waals surface area (Å²) in [6.07, 6.45) is 1.64. The number of nitrogens with zero attached hydrogens (tertiary/aromatic N) is 3. The summed E-state index contributed by atoms with van der Waals surface area (Å²) in [5, 5.41) is 20.5. The van der Waals surface area contributed by atoms with Gasteiger partial charge in [-0.3, -0.25) is 44.3 Å². The van der Waals surface area contributed by atoms with Crippen LogP contribution in [-0.4, -0.2) is 134 Å². The van der Waals surface area contributed by atoms with Crippen molar-refractivity contribution < 1.29 is 61.9 Å². The lowest BCUT2D eigenvalue weighted by molar-refractivity contribution is -0.136. The molecule has 18 nitrogen and oxygen atoms in total. The molecule has 0 bridgehead atoms. The molecule has 3 aromatic carbocycles. The summed E-state index contributed by atoms with van der Waals surface area (Å²) in [6.45, 7) is 3.40. The third-order valence-electron chi connectivity index (χ3n) is 10.4. The molecule has 340 valence electrons. The zero-order valence-corrected chi connectivity index (χ0v) is 35.8. The number of phenols is 1. The zero-order chi connectivity index (χ0) is 45.7. The number of carbonyl (C=O) groups excluding carboxylic acids is 6. The number of anilines is 2. The van der Waals surface area contributed by atoms with E-state index in [1.807, 2.05) is 0 Å². The molecule has 4 aromatic rings. The van der Waals surface area contributed by atoms with Gasteiger partial charge in [-0.1, -0.05) is 30.0 Å². The van der Waals surface area contributed by atoms with Gasteiger partial charge in [0.15, 0.2) is 5.13 Å². The SMILES string of the molecule is O=C1CCC(N2C(=O)c3cccc(NCCOCCOCCOCCOCCOCC#Cc4cccc5c4C(=O)N([C@@H](C(=O)Nc4nccs4)c4cc(F)ccc4O)C5)c3C2=O)C(=O)N1. The van der Waals surface area contributed by atoms with Gasteiger partial charge >= 0.3 is 0 Å². The van der Waals surface area contributed by atoms with Crippen LogP contribution in [0.1, 0.15) is 66.6 Å². The van der Waals surface area contributed by atoms with Gasteiger partial charge in [0.25, 0.3) is 23.6 Å². The van der Waals surface area contributed by atoms with Crippen molar-refractivity contribution in [1.82, 2.24) is 20.1 Å². The van der Waals surface area contributed by atoms with E-state index in [9.17, 15) is 38.3 Å². The van der Waals surface area contributed by atoms with E-state index in [0.717, 1.165) is 23.1 Å². The lowest BCUT2D eigenvalue weighted by atomic mass is 10.0. The highest BCUT2D eigenvalue weighted by Crippen LogP contribution is 2.38. The Morgan fingerprint density at radius 2 is 1.58 bits per heavy atom. The number of carbonyl (C=O) groups is 6. The number of amides is 6. The fourth-order valence-corrected chi connectivity index (χ4v) is 7.94. The van der Waals surface area contributed by atoms with Crippen LogP contribution < -0.4 is 16.0 Å². The number of hydrogen-bond donors (Lipinski definition) is 4. The summed E-state index contributed by atoms with van der Waals surface area (Å²) in [7, 11) is 0. The second-order valence-electron chi connectivity index (χ2n) is 14.6. The predicted molar refractivity (Wildman–Crippen MR) is 230 cm³/mol. The molecule has 7 rings (SSSR count). The molecule has 6 amide bonds. The Bertz CT molecular complexity index is 2480. The van der Waals surface area contributed by atoms with E-state index < -0.39 is 53.3 Å². The zero-order valence-electron chi connectivity index (χ0n) is 35.0. The van der Waals surface area contributed by atoms with E-state index in [1.165, 1.54) is 28.5 Å². The third kappa shape index (κ3) is 11.4. The molecule has 20 heteroatoms. The summed E-state index contributed by atoms with van der Waals surface area (Å²) in [5.41, 5.74) is 2.14. The fraction of sp³-hybridized carbons (Fsp3) is 0.356. The highest BCUT2D eigenvalue weighted by Gasteiger charge is 2.46. The number of imide groups is 2. The molecule has 0 spiro atoms. The molecular formula is C45H45FN6O12S. The van der Waals surface area contributed by atoms with Gasteiger partial charge in [0.05, 0.1) is 76.2 Å². The summed E-state index contributed by atoms with van der Waals surface area (Å²) in [5.74, 6) is 1.48. The topological polar surface area (TPSA) is 224 Å². The van der Waals surface area contributed by atoms with Gasteiger partial charge in [0.1, 0.15) is 30.3 Å². The van der Waals surface area contributed by atoms with Crippen LogP contribution in [0.3, 0.4) is 0 Å². The number of nitrogens with one attached hydrogen (secondary N) is 3. The lowest BCUT2D eigenvalue weighted by Gasteiger charge is -2.27. The van der Waals surface area contributed by atoms with Gasteiger partial charge in [0, 0.05) is 47.9 Å². The minimum Gasteiger partial charge on any atom is -0.508 e. The maximum Gasteiger partial charge on any atom is 0.264 e. The van der Waals surface area contributed by atoms with Crippen LogP contribution in [0.5, 0.6) is 5.75 Å². The summed E-state index contributed by atoms with van der Waals surface area (Å²) in [6, 6.07) is 10.9. The number of fused-ring (bicyclic) bond motifs is 2. The molecule has 4 N–H and O–H groups in total. The normalized spacial score (nSPS) is 16.0. The Balaban J connectivity index is 0.731. The molecule has 1 saturated heterocycles. The Kier molecular flexibility index (Phi) is 15.9. The maximum atomic E-state index is 14.3. The van der Waals surface area contributed by atoms with Crippen LogP contribution in [0.2, 0.25) is 0 Å². The molecule has 65 heavy (non-hydrogen) atoms. The van der Waals surface area contributed by atoms with Crippen molar-refractivity contribution in [3.05, 3.63) is 105 Å². The van der Waals surface area contributed by atoms with Crippen molar-refractivity contribution >= 4 is 57.6 Å². The second-order valence-corrected chi connectivity index (χ2v) is 15.5. The Labute approximate surface area is 376 Å². The van der Waals surface area contributed by atoms with Crippen molar-refractivity contribution in [3.8, 4) is 17.6 Å². The Hall–Kier alpha value is -6.60. The highest BCUT2D eigenvalue weighted by molar-refractivity contribution is 7.13. The number of aromatic hydroxyl groups is 1. The molecule has 0 saturated carbocycles. The predicted octanol–water partition coefficient (Wildman–Crippen LogP) is 3.27. The van der Waals surface area contributed by atoms with Crippen molar-refractivity contribution in [2.45, 2.75) is 31.5 Å². The van der Waals surface area contributed by atoms with E-state index in [-0.39, 0.29) is 60.2 Å². The molecule has 0 aliphatic carbocycles. The first kappa shape index (κ1) is 46.4. The quantitative estimate of drug-likeness (QED) is 0.0505. The number of rotatable bonds is 22. The molecule has 2 atom stereocenters. The summed E-state index contributed by atoms with van der Waals surface area (Å²) >= 11 is 1.18. The third-order valence-corrected chi connectivity index (χ3v) is 11.1. The summed E-state index contributed by atoms with van der Waals surface area (Å²) in [4.78, 5) is 83.7. The number of thiazole rings is 1. The molecule has 1 fully saturated rings. The molecule has 3 aliphatic rings. The molecule has 1 unspecified atom stereocenters. The van der Waals surface area contributed by atoms with Crippen LogP contribution in [0.4, 0.5) is 15.2 Å². The number of ether oxygens (including phenoxy) is 5. The number of phenolic OH excluding ortho intramolecular Hbond substituents is 1. The van der Waals surface area contributed by atoms with Crippen LogP contribution in [-0.2, 0) is 44.6 Å². The van der Waals surface area contributed by atoms with Crippen molar-refractivity contribution in [2.75, 3.05) is 83.2 Å². The second kappa shape index (κ2) is 22.3. The van der Waals surface area contributed by atoms with Crippen LogP contribution in [0.15, 0.2) is 66.2 Å². The van der Waals surface area contributed by atoms with Crippen LogP contribution >= 0.6 is 11.3 Å². The first-order valence-electron chi connectivity index (χ1n) is 20.7. The number of benzene rings is 3. The highest BCUT2D eigenvalue weighted by atomic mass is 32.1. The Morgan fingerprint density at radius 1 is 0.877 bits per heavy atom. The van der Waals surface area contributed by atoms with E-state index in [4.69, 9.17) is 23.7 Å². The van der Waals surface area contributed by atoms with Gasteiger partial charge in [-0.25, -0.2) is 9.37 Å². The average molecular weight is 913 g/mol. The van der Waals surface area contributed by atoms with Gasteiger partial charge in [-0.15, -0.1) is 11.3 Å². The van der Waals surface area contributed by atoms with Crippen molar-refractivity contribution in [1.29, 1.82) is 0 Å². The number of piperidine rings is 1. The molecule has 4 heterocycles. The first-order valence-corrected chi connectivity index (χ1v) is 21.6. The first-order chi connectivity index (χ1) is 31.6. The van der Waals surface area contributed by atoms with E-state index in [2.05, 4.69) is 32.8 Å². The van der Waals surface area contributed by atoms with Gasteiger partial charge in [0.2, 0.25) is 11.8 Å². The van der Waals surface area contributed by atoms with E-state index >= 15 is 0 Å². The monoisotopic (exact) mass is 912 g/mol. The number of halogens is 1. The number of aromatic nitrogens is 1. The maximum absolute atomic E-state index is 14.3. The molecule has 3 aliphatic heterocycles. The van der Waals surface area contributed by atoms with Crippen molar-refractivity contribution in [3.63, 3.8) is 0 Å². The van der Waals surface area contributed by atoms with Gasteiger partial charge in [-0.2, -0.15) is 0 Å². The van der Waals surface area contributed by atoms with Crippen LogP contribution in [0, 0.1) is 17.7 Å². The Morgan fingerprint density at radius 3 is 2.29 bits per heavy atom. The average Bonchev–Trinajstić information content (AvgIpc) is 3.99. The minimum absolute atomic E-state index is 0.0312. The molecule has 1 aromatic heterocycles. The fourth-order valence-electron chi connectivity index (χ4n) is 7.40. The summed E-state index contributed by atoms with van der Waals surface area (Å²) < 4.78 is 42.1. The van der Waals surface area contributed by atoms with Crippen molar-refractivity contribution in [2.24, 2.45) is 0 Å². The molecular weight excluding hydrogens is 868 g/mol. The lowest BCUT2D eigenvalue weighted by Crippen LogP contribution is -2.54. The standard InChI is InChI=1S/C45H45FN6O12S/c46-30-9-11-35(53)32(26-30)39(41(56)50-45-48-14-25-65-45)51-27-29-5-1-4-28(37(29)43(51)58)6-3-15-60-17-19-62-21-23-64-24-22-63-20-18-61-16-13-47-33-8-2-7-31-38(33)44(59)52(42(31)57)34-10-12-36(54)49-40(34)55/h1-2,4-5,7-9,11,14,25-26,34,39,47,53H,10,12-13,15-24,27H2,(H,48,50,56)(H,49,54,55)/t34?,39-/m1/s1. The molecule has 0 radical (unpaired) electrons. The van der Waals surface area contributed by atoms with Crippen LogP contribution in [0.25, 0.3) is 0 Å². The van der Waals surface area contributed by atoms with Gasteiger partial charge < -0.3 is 39.0 Å². The van der Waals surface area contributed by atoms with E-state index in [1.54, 1.807) is 35.7 Å².